The number of aliphatic hydroxyl groups excluding tert-OH is 1. The number of sulfonamides is 1. The summed E-state index contributed by atoms with van der Waals surface area (Å²) in [5.41, 5.74) is 1.73. The minimum Gasteiger partial charge on any atom is -0.387 e. The first kappa shape index (κ1) is 17.7. The molecule has 1 atom stereocenters. The van der Waals surface area contributed by atoms with Crippen molar-refractivity contribution in [1.29, 1.82) is 0 Å². The lowest BCUT2D eigenvalue weighted by Gasteiger charge is -2.14. The van der Waals surface area contributed by atoms with Gasteiger partial charge in [0.2, 0.25) is 10.0 Å². The van der Waals surface area contributed by atoms with Crippen LogP contribution < -0.4 is 4.72 Å². The molecule has 4 aromatic rings. The molecule has 0 amide bonds. The van der Waals surface area contributed by atoms with Crippen LogP contribution in [-0.4, -0.2) is 24.6 Å². The molecule has 0 saturated heterocycles. The Hall–Kier alpha value is -2.67. The van der Waals surface area contributed by atoms with Crippen LogP contribution in [0.3, 0.4) is 0 Å². The molecule has 1 aromatic heterocycles. The molecular formula is C21H20N2O3S. The van der Waals surface area contributed by atoms with Crippen molar-refractivity contribution in [3.63, 3.8) is 0 Å². The van der Waals surface area contributed by atoms with E-state index in [0.29, 0.717) is 10.9 Å². The van der Waals surface area contributed by atoms with Crippen LogP contribution in [0.5, 0.6) is 0 Å². The Kier molecular flexibility index (Phi) is 4.47. The van der Waals surface area contributed by atoms with Crippen molar-refractivity contribution >= 4 is 31.7 Å². The molecule has 138 valence electrons. The monoisotopic (exact) mass is 380 g/mol. The SMILES string of the molecule is Cn1ccc2cc(C(O)CNS(=O)(=O)c3cccc4ccccc34)ccc21. The van der Waals surface area contributed by atoms with E-state index < -0.39 is 16.1 Å². The Morgan fingerprint density at radius 2 is 1.78 bits per heavy atom. The number of nitrogens with one attached hydrogen (secondary N) is 1. The van der Waals surface area contributed by atoms with Gasteiger partial charge in [-0.25, -0.2) is 13.1 Å². The van der Waals surface area contributed by atoms with Gasteiger partial charge < -0.3 is 9.67 Å². The fourth-order valence-corrected chi connectivity index (χ4v) is 4.59. The number of aromatic nitrogens is 1. The van der Waals surface area contributed by atoms with Crippen molar-refractivity contribution in [2.24, 2.45) is 7.05 Å². The van der Waals surface area contributed by atoms with Crippen LogP contribution in [-0.2, 0) is 17.1 Å². The highest BCUT2D eigenvalue weighted by Gasteiger charge is 2.19. The molecule has 0 aliphatic rings. The summed E-state index contributed by atoms with van der Waals surface area (Å²) in [6.45, 7) is -0.0934. The van der Waals surface area contributed by atoms with E-state index in [4.69, 9.17) is 0 Å². The quantitative estimate of drug-likeness (QED) is 0.558. The number of aryl methyl sites for hydroxylation is 1. The molecule has 5 nitrogen and oxygen atoms in total. The average molecular weight is 380 g/mol. The Balaban J connectivity index is 1.57. The van der Waals surface area contributed by atoms with Gasteiger partial charge in [0.05, 0.1) is 11.0 Å². The Morgan fingerprint density at radius 3 is 2.63 bits per heavy atom. The molecule has 27 heavy (non-hydrogen) atoms. The van der Waals surface area contributed by atoms with E-state index in [0.717, 1.165) is 16.3 Å². The van der Waals surface area contributed by atoms with E-state index in [1.54, 1.807) is 18.2 Å². The fraction of sp³-hybridized carbons (Fsp3) is 0.143. The van der Waals surface area contributed by atoms with Gasteiger partial charge in [-0.3, -0.25) is 0 Å². The minimum atomic E-state index is -3.74. The second-order valence-electron chi connectivity index (χ2n) is 6.59. The van der Waals surface area contributed by atoms with Crippen molar-refractivity contribution in [3.05, 3.63) is 78.5 Å². The molecule has 2 N–H and O–H groups in total. The lowest BCUT2D eigenvalue weighted by atomic mass is 10.1. The summed E-state index contributed by atoms with van der Waals surface area (Å²) in [4.78, 5) is 0.214. The third-order valence-corrected chi connectivity index (χ3v) is 6.28. The van der Waals surface area contributed by atoms with Gasteiger partial charge in [-0.2, -0.15) is 0 Å². The molecule has 0 aliphatic heterocycles. The van der Waals surface area contributed by atoms with Gasteiger partial charge in [-0.1, -0.05) is 42.5 Å². The number of fused-ring (bicyclic) bond motifs is 2. The van der Waals surface area contributed by atoms with E-state index in [1.807, 2.05) is 66.3 Å². The van der Waals surface area contributed by atoms with Gasteiger partial charge in [0.25, 0.3) is 0 Å². The molecule has 3 aromatic carbocycles. The van der Waals surface area contributed by atoms with Gasteiger partial charge in [0, 0.05) is 30.7 Å². The smallest absolute Gasteiger partial charge is 0.241 e. The molecule has 1 heterocycles. The molecule has 6 heteroatoms. The minimum absolute atomic E-state index is 0.0934. The molecule has 1 unspecified atom stereocenters. The summed E-state index contributed by atoms with van der Waals surface area (Å²) in [7, 11) is -1.79. The van der Waals surface area contributed by atoms with Gasteiger partial charge in [-0.15, -0.1) is 0 Å². The topological polar surface area (TPSA) is 71.3 Å². The Labute approximate surface area is 157 Å². The van der Waals surface area contributed by atoms with Crippen LogP contribution in [0.4, 0.5) is 0 Å². The highest BCUT2D eigenvalue weighted by Crippen LogP contribution is 2.24. The summed E-state index contributed by atoms with van der Waals surface area (Å²) in [5, 5.41) is 13.0. The van der Waals surface area contributed by atoms with Gasteiger partial charge in [-0.05, 0) is 40.6 Å². The van der Waals surface area contributed by atoms with Crippen molar-refractivity contribution in [2.75, 3.05) is 6.54 Å². The molecule has 0 aliphatic carbocycles. The fourth-order valence-electron chi connectivity index (χ4n) is 3.32. The molecule has 0 radical (unpaired) electrons. The number of rotatable bonds is 5. The summed E-state index contributed by atoms with van der Waals surface area (Å²) >= 11 is 0. The number of aliphatic hydroxyl groups is 1. The highest BCUT2D eigenvalue weighted by atomic mass is 32.2. The Morgan fingerprint density at radius 1 is 1.00 bits per heavy atom. The predicted molar refractivity (Wildman–Crippen MR) is 107 cm³/mol. The molecule has 4 rings (SSSR count). The highest BCUT2D eigenvalue weighted by molar-refractivity contribution is 7.89. The van der Waals surface area contributed by atoms with Crippen molar-refractivity contribution in [3.8, 4) is 0 Å². The summed E-state index contributed by atoms with van der Waals surface area (Å²) in [5.74, 6) is 0. The molecule has 0 fully saturated rings. The first-order valence-corrected chi connectivity index (χ1v) is 10.1. The van der Waals surface area contributed by atoms with Crippen LogP contribution >= 0.6 is 0 Å². The molecule has 0 saturated carbocycles. The zero-order valence-corrected chi connectivity index (χ0v) is 15.6. The number of nitrogens with zero attached hydrogens (tertiary/aromatic N) is 1. The summed E-state index contributed by atoms with van der Waals surface area (Å²) < 4.78 is 30.1. The van der Waals surface area contributed by atoms with Crippen molar-refractivity contribution in [2.45, 2.75) is 11.0 Å². The largest absolute Gasteiger partial charge is 0.387 e. The third kappa shape index (κ3) is 3.35. The van der Waals surface area contributed by atoms with Crippen LogP contribution in [0.2, 0.25) is 0 Å². The second kappa shape index (κ2) is 6.81. The van der Waals surface area contributed by atoms with Crippen molar-refractivity contribution in [1.82, 2.24) is 9.29 Å². The summed E-state index contributed by atoms with van der Waals surface area (Å²) in [6, 6.07) is 20.1. The standard InChI is InChI=1S/C21H20N2O3S/c1-23-12-11-16-13-17(9-10-19(16)23)20(24)14-22-27(25,26)21-8-4-6-15-5-2-3-7-18(15)21/h2-13,20,22,24H,14H2,1H3. The van der Waals surface area contributed by atoms with Crippen LogP contribution in [0.25, 0.3) is 21.7 Å². The van der Waals surface area contributed by atoms with Gasteiger partial charge in [0.15, 0.2) is 0 Å². The zero-order chi connectivity index (χ0) is 19.0. The number of hydrogen-bond acceptors (Lipinski definition) is 3. The maximum absolute atomic E-state index is 12.8. The van der Waals surface area contributed by atoms with Crippen LogP contribution in [0, 0.1) is 0 Å². The van der Waals surface area contributed by atoms with Crippen LogP contribution in [0.1, 0.15) is 11.7 Å². The Bertz CT molecular complexity index is 1220. The van der Waals surface area contributed by atoms with E-state index in [2.05, 4.69) is 4.72 Å². The lowest BCUT2D eigenvalue weighted by molar-refractivity contribution is 0.182. The maximum atomic E-state index is 12.8. The van der Waals surface area contributed by atoms with Crippen molar-refractivity contribution < 1.29 is 13.5 Å². The second-order valence-corrected chi connectivity index (χ2v) is 8.33. The molecular weight excluding hydrogens is 360 g/mol. The maximum Gasteiger partial charge on any atom is 0.241 e. The predicted octanol–water partition coefficient (Wildman–Crippen LogP) is 3.34. The van der Waals surface area contributed by atoms with Gasteiger partial charge in [0.1, 0.15) is 0 Å². The van der Waals surface area contributed by atoms with E-state index in [1.165, 1.54) is 0 Å². The number of hydrogen-bond donors (Lipinski definition) is 2. The average Bonchev–Trinajstić information content (AvgIpc) is 3.06. The molecule has 0 spiro atoms. The molecule has 0 bridgehead atoms. The normalized spacial score (nSPS) is 13.3. The first-order valence-electron chi connectivity index (χ1n) is 8.66. The third-order valence-electron chi connectivity index (χ3n) is 4.80. The number of benzene rings is 3. The van der Waals surface area contributed by atoms with E-state index >= 15 is 0 Å². The van der Waals surface area contributed by atoms with Gasteiger partial charge >= 0.3 is 0 Å². The van der Waals surface area contributed by atoms with Crippen LogP contribution in [0.15, 0.2) is 77.8 Å². The zero-order valence-electron chi connectivity index (χ0n) is 14.8. The summed E-state index contributed by atoms with van der Waals surface area (Å²) in [6.07, 6.45) is 1.02. The first-order chi connectivity index (χ1) is 13.0. The van der Waals surface area contributed by atoms with E-state index in [9.17, 15) is 13.5 Å². The van der Waals surface area contributed by atoms with E-state index in [-0.39, 0.29) is 11.4 Å². The lowest BCUT2D eigenvalue weighted by Crippen LogP contribution is -2.28.